The van der Waals surface area contributed by atoms with Gasteiger partial charge in [0, 0.05) is 49.5 Å². The molecule has 2 aliphatic rings. The van der Waals surface area contributed by atoms with E-state index in [0.717, 1.165) is 49.9 Å². The smallest absolute Gasteiger partial charge is 0.257 e. The molecule has 7 rings (SSSR count). The molecule has 15 nitrogen and oxygen atoms in total. The summed E-state index contributed by atoms with van der Waals surface area (Å²) in [5.74, 6) is 1.97. The number of rotatable bonds is 12. The fourth-order valence-corrected chi connectivity index (χ4v) is 6.87. The number of aromatic nitrogens is 10. The number of hydrogen-bond donors (Lipinski definition) is 1. The molecule has 0 spiro atoms. The Balaban J connectivity index is 1.04. The van der Waals surface area contributed by atoms with E-state index >= 15 is 0 Å². The van der Waals surface area contributed by atoms with E-state index in [1.807, 2.05) is 29.9 Å². The molecular formula is C34H41ClN12O3. The van der Waals surface area contributed by atoms with Gasteiger partial charge in [0.05, 0.1) is 36.0 Å². The molecule has 3 atom stereocenters. The molecule has 1 aromatic carbocycles. The first-order chi connectivity index (χ1) is 24.4. The molecule has 1 aliphatic carbocycles. The van der Waals surface area contributed by atoms with Crippen LogP contribution in [0.25, 0.3) is 11.1 Å². The summed E-state index contributed by atoms with van der Waals surface area (Å²) in [6.07, 6.45) is 15.0. The summed E-state index contributed by atoms with van der Waals surface area (Å²) in [4.78, 5) is 20.4. The topological polar surface area (TPSA) is 156 Å². The summed E-state index contributed by atoms with van der Waals surface area (Å²) in [6, 6.07) is 8.18. The van der Waals surface area contributed by atoms with Gasteiger partial charge < -0.3 is 19.5 Å². The van der Waals surface area contributed by atoms with Crippen molar-refractivity contribution in [1.29, 1.82) is 0 Å². The van der Waals surface area contributed by atoms with Gasteiger partial charge in [-0.25, -0.2) is 24.6 Å². The zero-order valence-electron chi connectivity index (χ0n) is 28.3. The maximum absolute atomic E-state index is 6.47. The molecule has 1 saturated carbocycles. The second-order valence-corrected chi connectivity index (χ2v) is 13.4. The quantitative estimate of drug-likeness (QED) is 0.182. The van der Waals surface area contributed by atoms with Crippen molar-refractivity contribution in [1.82, 2.24) is 54.8 Å². The van der Waals surface area contributed by atoms with Crippen LogP contribution < -0.4 is 14.8 Å². The average Bonchev–Trinajstić information content (AvgIpc) is 3.79. The number of hydrogen-bond acceptors (Lipinski definition) is 13. The summed E-state index contributed by atoms with van der Waals surface area (Å²) in [6.45, 7) is 8.90. The second-order valence-electron chi connectivity index (χ2n) is 13.0. The molecule has 4 aromatic heterocycles. The number of benzene rings is 1. The lowest BCUT2D eigenvalue weighted by Gasteiger charge is -2.42. The number of ether oxygens (including phenoxy) is 3. The van der Waals surface area contributed by atoms with Crippen LogP contribution in [0.3, 0.4) is 0 Å². The van der Waals surface area contributed by atoms with E-state index in [-0.39, 0.29) is 31.0 Å². The molecule has 1 N–H and O–H groups in total. The molecule has 1 aliphatic heterocycles. The largest absolute Gasteiger partial charge is 0.487 e. The van der Waals surface area contributed by atoms with Crippen molar-refractivity contribution >= 4 is 23.2 Å². The number of tetrazole rings is 1. The maximum Gasteiger partial charge on any atom is 0.257 e. The van der Waals surface area contributed by atoms with Gasteiger partial charge in [-0.15, -0.1) is 10.2 Å². The van der Waals surface area contributed by atoms with Crippen LogP contribution in [-0.2, 0) is 17.9 Å². The molecule has 262 valence electrons. The Morgan fingerprint density at radius 2 is 1.72 bits per heavy atom. The first-order valence-corrected chi connectivity index (χ1v) is 17.4. The van der Waals surface area contributed by atoms with Gasteiger partial charge in [-0.2, -0.15) is 0 Å². The Bertz CT molecular complexity index is 1810. The van der Waals surface area contributed by atoms with E-state index in [1.54, 1.807) is 47.9 Å². The molecule has 5 heterocycles. The highest BCUT2D eigenvalue weighted by molar-refractivity contribution is 6.32. The summed E-state index contributed by atoms with van der Waals surface area (Å²) in [5, 5.41) is 19.9. The van der Waals surface area contributed by atoms with Gasteiger partial charge in [-0.1, -0.05) is 17.7 Å². The molecule has 1 saturated heterocycles. The lowest BCUT2D eigenvalue weighted by Crippen LogP contribution is -2.51. The Morgan fingerprint density at radius 1 is 0.980 bits per heavy atom. The minimum atomic E-state index is -0.215. The van der Waals surface area contributed by atoms with Gasteiger partial charge in [-0.3, -0.25) is 9.58 Å². The molecule has 0 amide bonds. The number of halogens is 1. The fourth-order valence-electron chi connectivity index (χ4n) is 6.71. The summed E-state index contributed by atoms with van der Waals surface area (Å²) in [7, 11) is 0. The van der Waals surface area contributed by atoms with Crippen molar-refractivity contribution in [2.45, 2.75) is 90.0 Å². The zero-order chi connectivity index (χ0) is 34.5. The Morgan fingerprint density at radius 3 is 2.44 bits per heavy atom. The Kier molecular flexibility index (Phi) is 10.4. The number of nitrogens with one attached hydrogen (secondary N) is 1. The van der Waals surface area contributed by atoms with Gasteiger partial charge in [0.15, 0.2) is 5.82 Å². The highest BCUT2D eigenvalue weighted by atomic mass is 35.5. The van der Waals surface area contributed by atoms with E-state index in [1.165, 1.54) is 0 Å². The fraction of sp³-hybridized carbons (Fsp3) is 0.471. The van der Waals surface area contributed by atoms with Crippen molar-refractivity contribution in [3.63, 3.8) is 0 Å². The predicted octanol–water partition coefficient (Wildman–Crippen LogP) is 5.15. The van der Waals surface area contributed by atoms with Gasteiger partial charge >= 0.3 is 0 Å². The average molecular weight is 701 g/mol. The van der Waals surface area contributed by atoms with Gasteiger partial charge in [0.1, 0.15) is 30.5 Å². The van der Waals surface area contributed by atoms with Crippen LogP contribution in [0, 0.1) is 0 Å². The molecule has 0 unspecified atom stereocenters. The van der Waals surface area contributed by atoms with E-state index in [9.17, 15) is 0 Å². The van der Waals surface area contributed by atoms with Gasteiger partial charge in [-0.05, 0) is 80.6 Å². The van der Waals surface area contributed by atoms with Crippen LogP contribution in [0.4, 0.5) is 11.6 Å². The van der Waals surface area contributed by atoms with Gasteiger partial charge in [0.2, 0.25) is 5.95 Å². The normalized spacial score (nSPS) is 21.8. The molecule has 50 heavy (non-hydrogen) atoms. The minimum absolute atomic E-state index is 0.182. The highest BCUT2D eigenvalue weighted by Crippen LogP contribution is 2.36. The third-order valence-electron chi connectivity index (χ3n) is 8.99. The summed E-state index contributed by atoms with van der Waals surface area (Å²) >= 11 is 6.47. The third kappa shape index (κ3) is 8.34. The molecule has 0 radical (unpaired) electrons. The molecule has 16 heteroatoms. The Labute approximate surface area is 295 Å². The van der Waals surface area contributed by atoms with Crippen molar-refractivity contribution in [3.05, 3.63) is 72.4 Å². The number of nitrogens with zero attached hydrogens (tertiary/aromatic N) is 11. The van der Waals surface area contributed by atoms with E-state index < -0.39 is 0 Å². The van der Waals surface area contributed by atoms with Crippen LogP contribution in [0.2, 0.25) is 5.02 Å². The molecule has 5 aromatic rings. The van der Waals surface area contributed by atoms with Crippen LogP contribution >= 0.6 is 11.6 Å². The standard InChI is InChI=1S/C34H41ClN12O3/c1-22-16-45(17-23(2)49-22)27-6-8-28(9-7-27)47-19-30(33(42-47)48-20-32-36-11-4-12-37-32)41-34-38-14-26(15-39-34)25-5-10-29(35)31(13-25)50-24(3)18-46-21-40-43-44-46/h4-5,10-15,19,21-24,27-28H,6-9,16-18,20H2,1-3H3,(H,38,39,41)/t22-,23+,24-,27?,28?/m0/s1. The second kappa shape index (κ2) is 15.4. The van der Waals surface area contributed by atoms with Crippen LogP contribution in [0.5, 0.6) is 11.6 Å². The van der Waals surface area contributed by atoms with Crippen molar-refractivity contribution in [2.24, 2.45) is 0 Å². The Hall–Kier alpha value is -4.73. The lowest BCUT2D eigenvalue weighted by molar-refractivity contribution is -0.0852. The number of morpholine rings is 1. The van der Waals surface area contributed by atoms with Crippen molar-refractivity contribution < 1.29 is 14.2 Å². The predicted molar refractivity (Wildman–Crippen MR) is 185 cm³/mol. The van der Waals surface area contributed by atoms with Crippen LogP contribution in [-0.4, -0.2) is 92.3 Å². The summed E-state index contributed by atoms with van der Waals surface area (Å²) in [5.41, 5.74) is 2.34. The number of anilines is 2. The molecule has 0 bridgehead atoms. The zero-order valence-corrected chi connectivity index (χ0v) is 29.1. The first kappa shape index (κ1) is 33.8. The first-order valence-electron chi connectivity index (χ1n) is 17.0. The SMILES string of the molecule is C[C@@H]1CN(C2CCC(n3cc(Nc4ncc(-c5ccc(Cl)c(O[C@@H](C)Cn6cnnn6)c5)cn4)c(OCc4ncccn4)n3)CC2)C[C@H](C)O1. The molecule has 2 fully saturated rings. The van der Waals surface area contributed by atoms with Crippen LogP contribution in [0.15, 0.2) is 61.6 Å². The molecular weight excluding hydrogens is 660 g/mol. The monoisotopic (exact) mass is 700 g/mol. The van der Waals surface area contributed by atoms with E-state index in [2.05, 4.69) is 59.5 Å². The highest BCUT2D eigenvalue weighted by Gasteiger charge is 2.32. The van der Waals surface area contributed by atoms with E-state index in [0.29, 0.717) is 46.7 Å². The van der Waals surface area contributed by atoms with E-state index in [4.69, 9.17) is 30.9 Å². The van der Waals surface area contributed by atoms with Crippen LogP contribution in [0.1, 0.15) is 58.3 Å². The third-order valence-corrected chi connectivity index (χ3v) is 9.30. The minimum Gasteiger partial charge on any atom is -0.487 e. The van der Waals surface area contributed by atoms with Gasteiger partial charge in [0.25, 0.3) is 5.88 Å². The summed E-state index contributed by atoms with van der Waals surface area (Å²) < 4.78 is 21.9. The van der Waals surface area contributed by atoms with Crippen molar-refractivity contribution in [2.75, 3.05) is 18.4 Å². The lowest BCUT2D eigenvalue weighted by atomic mass is 9.89. The van der Waals surface area contributed by atoms with Crippen molar-refractivity contribution in [3.8, 4) is 22.8 Å². The maximum atomic E-state index is 6.47.